The number of likely N-dealkylation sites (tertiary alicyclic amines) is 1. The second kappa shape index (κ2) is 12.8. The van der Waals surface area contributed by atoms with Crippen molar-refractivity contribution in [1.82, 2.24) is 9.88 Å². The molecule has 234 valence electrons. The summed E-state index contributed by atoms with van der Waals surface area (Å²) < 4.78 is 42.3. The summed E-state index contributed by atoms with van der Waals surface area (Å²) in [6.45, 7) is 3.29. The number of methoxy groups -OCH3 is 1. The molecule has 2 aliphatic heterocycles. The van der Waals surface area contributed by atoms with Crippen LogP contribution in [-0.2, 0) is 24.2 Å². The van der Waals surface area contributed by atoms with Crippen molar-refractivity contribution in [3.63, 3.8) is 0 Å². The maximum atomic E-state index is 15.6. The summed E-state index contributed by atoms with van der Waals surface area (Å²) in [5, 5.41) is 9.30. The first-order chi connectivity index (χ1) is 21.3. The van der Waals surface area contributed by atoms with Crippen LogP contribution < -0.4 is 9.47 Å². The van der Waals surface area contributed by atoms with Crippen LogP contribution in [0.5, 0.6) is 11.6 Å². The lowest BCUT2D eigenvalue weighted by molar-refractivity contribution is -0.141. The van der Waals surface area contributed by atoms with Gasteiger partial charge in [0.15, 0.2) is 11.6 Å². The highest BCUT2D eigenvalue weighted by atomic mass is 19.1. The zero-order valence-electron chi connectivity index (χ0n) is 25.7. The van der Waals surface area contributed by atoms with Crippen LogP contribution in [-0.4, -0.2) is 40.2 Å². The Morgan fingerprint density at radius 1 is 1.07 bits per heavy atom. The molecule has 1 spiro atoms. The van der Waals surface area contributed by atoms with Gasteiger partial charge in [0.1, 0.15) is 11.9 Å². The summed E-state index contributed by atoms with van der Waals surface area (Å²) >= 11 is 0. The Morgan fingerprint density at radius 2 is 1.86 bits per heavy atom. The minimum atomic E-state index is -0.960. The van der Waals surface area contributed by atoms with Crippen LogP contribution in [0.25, 0.3) is 11.1 Å². The number of hydrogen-bond donors (Lipinski definition) is 1. The van der Waals surface area contributed by atoms with Crippen LogP contribution in [0.4, 0.5) is 8.78 Å². The van der Waals surface area contributed by atoms with Crippen LogP contribution in [0.15, 0.2) is 42.6 Å². The number of aromatic nitrogens is 1. The van der Waals surface area contributed by atoms with E-state index >= 15 is 8.78 Å². The van der Waals surface area contributed by atoms with Gasteiger partial charge in [0.2, 0.25) is 5.88 Å². The first kappa shape index (κ1) is 30.5. The molecule has 1 saturated heterocycles. The molecule has 0 bridgehead atoms. The standard InChI is InChI=1S/C33H36F2N2O4.C3H6/c1-20(32(38)39)15-23-6-5-21-8-10-28(41-31(21)30(23)35)22-7-9-25(26-17-29(40-2)36-18-27(26)34)24(16-22)19-37-14-4-3-11-33(37)12-13-33;1-2-3-1/h5-7,9,16-18,20,28H,3-4,8,10-15,19H2,1-2H3,(H,38,39);1-3H2. The molecule has 2 saturated carbocycles. The van der Waals surface area contributed by atoms with Crippen LogP contribution in [0.2, 0.25) is 0 Å². The first-order valence-corrected chi connectivity index (χ1v) is 16.1. The third-order valence-electron chi connectivity index (χ3n) is 9.51. The molecule has 2 atom stereocenters. The molecule has 3 fully saturated rings. The van der Waals surface area contributed by atoms with Gasteiger partial charge < -0.3 is 14.6 Å². The molecule has 6 nitrogen and oxygen atoms in total. The van der Waals surface area contributed by atoms with E-state index in [1.54, 1.807) is 19.1 Å². The Bertz CT molecular complexity index is 1520. The van der Waals surface area contributed by atoms with Gasteiger partial charge in [0, 0.05) is 23.7 Å². The summed E-state index contributed by atoms with van der Waals surface area (Å²) in [7, 11) is 1.52. The van der Waals surface area contributed by atoms with E-state index in [1.165, 1.54) is 58.3 Å². The number of carboxylic acid groups (broad SMARTS) is 1. The summed E-state index contributed by atoms with van der Waals surface area (Å²) in [5.41, 5.74) is 4.55. The number of carbonyl (C=O) groups is 1. The number of aryl methyl sites for hydroxylation is 1. The number of aliphatic carboxylic acids is 1. The average molecular weight is 605 g/mol. The van der Waals surface area contributed by atoms with E-state index in [2.05, 4.69) is 16.0 Å². The maximum Gasteiger partial charge on any atom is 0.306 e. The molecule has 2 aliphatic carbocycles. The lowest BCUT2D eigenvalue weighted by Crippen LogP contribution is -2.40. The zero-order chi connectivity index (χ0) is 30.8. The van der Waals surface area contributed by atoms with E-state index in [0.29, 0.717) is 36.4 Å². The van der Waals surface area contributed by atoms with E-state index in [0.717, 1.165) is 35.2 Å². The van der Waals surface area contributed by atoms with Gasteiger partial charge in [-0.15, -0.1) is 0 Å². The van der Waals surface area contributed by atoms with Crippen LogP contribution in [0.1, 0.15) is 93.1 Å². The average Bonchev–Trinajstić information content (AvgIpc) is 3.97. The topological polar surface area (TPSA) is 71.9 Å². The molecule has 3 aromatic rings. The van der Waals surface area contributed by atoms with Gasteiger partial charge in [0.25, 0.3) is 0 Å². The smallest absolute Gasteiger partial charge is 0.306 e. The van der Waals surface area contributed by atoms with Crippen molar-refractivity contribution in [2.45, 2.75) is 95.7 Å². The van der Waals surface area contributed by atoms with E-state index < -0.39 is 23.5 Å². The molecule has 1 N–H and O–H groups in total. The Kier molecular flexibility index (Phi) is 8.90. The number of carboxylic acids is 1. The van der Waals surface area contributed by atoms with Gasteiger partial charge >= 0.3 is 5.97 Å². The second-order valence-corrected chi connectivity index (χ2v) is 12.9. The highest BCUT2D eigenvalue weighted by Crippen LogP contribution is 2.49. The Balaban J connectivity index is 0.00000108. The molecule has 2 aromatic carbocycles. The monoisotopic (exact) mass is 604 g/mol. The third kappa shape index (κ3) is 6.60. The second-order valence-electron chi connectivity index (χ2n) is 12.9. The van der Waals surface area contributed by atoms with E-state index in [1.807, 2.05) is 18.2 Å². The van der Waals surface area contributed by atoms with Crippen molar-refractivity contribution >= 4 is 5.97 Å². The summed E-state index contributed by atoms with van der Waals surface area (Å²) in [6.07, 6.45) is 12.7. The number of fused-ring (bicyclic) bond motifs is 1. The number of ether oxygens (including phenoxy) is 2. The number of pyridine rings is 1. The fourth-order valence-corrected chi connectivity index (χ4v) is 6.52. The molecule has 8 heteroatoms. The Labute approximate surface area is 258 Å². The number of benzene rings is 2. The van der Waals surface area contributed by atoms with Crippen molar-refractivity contribution in [2.24, 2.45) is 5.92 Å². The summed E-state index contributed by atoms with van der Waals surface area (Å²) in [4.78, 5) is 17.9. The Hall–Kier alpha value is -3.52. The number of piperidine rings is 1. The van der Waals surface area contributed by atoms with Gasteiger partial charge in [-0.2, -0.15) is 0 Å². The predicted octanol–water partition coefficient (Wildman–Crippen LogP) is 8.05. The normalized spacial score (nSPS) is 20.5. The van der Waals surface area contributed by atoms with Gasteiger partial charge in [-0.05, 0) is 79.3 Å². The highest BCUT2D eigenvalue weighted by molar-refractivity contribution is 5.70. The van der Waals surface area contributed by atoms with Crippen molar-refractivity contribution in [2.75, 3.05) is 13.7 Å². The van der Waals surface area contributed by atoms with Gasteiger partial charge in [-0.3, -0.25) is 9.69 Å². The number of nitrogens with zero attached hydrogens (tertiary/aromatic N) is 2. The minimum absolute atomic E-state index is 0.0971. The fourth-order valence-electron chi connectivity index (χ4n) is 6.52. The van der Waals surface area contributed by atoms with E-state index in [-0.39, 0.29) is 23.8 Å². The van der Waals surface area contributed by atoms with Crippen molar-refractivity contribution < 1.29 is 28.2 Å². The predicted molar refractivity (Wildman–Crippen MR) is 165 cm³/mol. The van der Waals surface area contributed by atoms with Crippen molar-refractivity contribution in [3.8, 4) is 22.8 Å². The summed E-state index contributed by atoms with van der Waals surface area (Å²) in [5.74, 6) is -1.99. The zero-order valence-corrected chi connectivity index (χ0v) is 25.7. The molecular formula is C36H42F2N2O4. The third-order valence-corrected chi connectivity index (χ3v) is 9.51. The molecule has 0 radical (unpaired) electrons. The summed E-state index contributed by atoms with van der Waals surface area (Å²) in [6, 6.07) is 11.1. The molecular weight excluding hydrogens is 562 g/mol. The van der Waals surface area contributed by atoms with Crippen LogP contribution >= 0.6 is 0 Å². The van der Waals surface area contributed by atoms with Gasteiger partial charge in [0.05, 0.1) is 19.2 Å². The quantitative estimate of drug-likeness (QED) is 0.281. The molecule has 7 rings (SSSR count). The largest absolute Gasteiger partial charge is 0.482 e. The van der Waals surface area contributed by atoms with Crippen LogP contribution in [0.3, 0.4) is 0 Å². The molecule has 0 amide bonds. The molecule has 3 heterocycles. The first-order valence-electron chi connectivity index (χ1n) is 16.1. The lowest BCUT2D eigenvalue weighted by atomic mass is 9.90. The van der Waals surface area contributed by atoms with Crippen molar-refractivity contribution in [1.29, 1.82) is 0 Å². The van der Waals surface area contributed by atoms with Gasteiger partial charge in [-0.25, -0.2) is 13.8 Å². The van der Waals surface area contributed by atoms with Gasteiger partial charge in [-0.1, -0.05) is 62.9 Å². The number of halogens is 2. The molecule has 44 heavy (non-hydrogen) atoms. The molecule has 4 aliphatic rings. The minimum Gasteiger partial charge on any atom is -0.482 e. The lowest BCUT2D eigenvalue weighted by Gasteiger charge is -2.37. The van der Waals surface area contributed by atoms with E-state index in [4.69, 9.17) is 9.47 Å². The van der Waals surface area contributed by atoms with E-state index in [9.17, 15) is 9.90 Å². The molecule has 2 unspecified atom stereocenters. The fraction of sp³-hybridized carbons (Fsp3) is 0.500. The number of hydrogen-bond acceptors (Lipinski definition) is 5. The Morgan fingerprint density at radius 3 is 2.57 bits per heavy atom. The molecule has 1 aromatic heterocycles. The SMILES string of the molecule is C1CC1.COc1cc(-c2ccc(C3CCc4ccc(CC(C)C(=O)O)c(F)c4O3)cc2CN2CCCCC23CC3)c(F)cn1. The van der Waals surface area contributed by atoms with Crippen molar-refractivity contribution in [3.05, 3.63) is 76.5 Å². The highest BCUT2D eigenvalue weighted by Gasteiger charge is 2.48. The number of rotatable bonds is 8. The van der Waals surface area contributed by atoms with Crippen LogP contribution in [0, 0.1) is 17.6 Å². The maximum absolute atomic E-state index is 15.6.